The summed E-state index contributed by atoms with van der Waals surface area (Å²) in [5.74, 6) is 0.126. The van der Waals surface area contributed by atoms with Crippen molar-refractivity contribution in [2.45, 2.75) is 13.1 Å². The summed E-state index contributed by atoms with van der Waals surface area (Å²) in [5.41, 5.74) is 1.49. The number of anilines is 1. The first-order chi connectivity index (χ1) is 16.6. The van der Waals surface area contributed by atoms with Crippen LogP contribution in [0.5, 0.6) is 0 Å². The predicted molar refractivity (Wildman–Crippen MR) is 130 cm³/mol. The molecule has 0 aromatic carbocycles. The summed E-state index contributed by atoms with van der Waals surface area (Å²) >= 11 is 7.47. The van der Waals surface area contributed by atoms with Crippen molar-refractivity contribution in [3.8, 4) is 11.3 Å². The minimum Gasteiger partial charge on any atom is -0.459 e. The smallest absolute Gasteiger partial charge is 0.315 e. The Labute approximate surface area is 203 Å². The highest BCUT2D eigenvalue weighted by molar-refractivity contribution is 7.16. The average Bonchev–Trinajstić information content (AvgIpc) is 3.61. The number of hydrogen-bond donors (Lipinski definition) is 1. The molecule has 0 unspecified atom stereocenters. The first-order valence-corrected chi connectivity index (χ1v) is 11.5. The molecule has 0 spiro atoms. The van der Waals surface area contributed by atoms with Gasteiger partial charge in [0.05, 0.1) is 29.3 Å². The van der Waals surface area contributed by atoms with E-state index in [4.69, 9.17) is 16.0 Å². The fourth-order valence-electron chi connectivity index (χ4n) is 3.46. The van der Waals surface area contributed by atoms with Crippen molar-refractivity contribution in [3.05, 3.63) is 110 Å². The van der Waals surface area contributed by atoms with Crippen LogP contribution in [0, 0.1) is 0 Å². The van der Waals surface area contributed by atoms with Gasteiger partial charge in [-0.2, -0.15) is 9.78 Å². The van der Waals surface area contributed by atoms with Gasteiger partial charge in [-0.25, -0.2) is 0 Å². The van der Waals surface area contributed by atoms with Crippen LogP contribution in [-0.4, -0.2) is 25.2 Å². The number of carbonyl (C=O) groups excluding carboxylic acids is 1. The molecule has 0 aliphatic rings. The van der Waals surface area contributed by atoms with Gasteiger partial charge in [0.15, 0.2) is 5.76 Å². The van der Waals surface area contributed by atoms with Gasteiger partial charge < -0.3 is 14.3 Å². The zero-order valence-corrected chi connectivity index (χ0v) is 19.3. The van der Waals surface area contributed by atoms with Crippen molar-refractivity contribution >= 4 is 34.7 Å². The van der Waals surface area contributed by atoms with Crippen LogP contribution in [0.15, 0.2) is 88.7 Å². The third-order valence-corrected chi connectivity index (χ3v) is 6.34. The average molecular weight is 492 g/mol. The molecule has 0 fully saturated rings. The van der Waals surface area contributed by atoms with E-state index in [9.17, 15) is 9.59 Å². The molecule has 1 N–H and O–H groups in total. The molecule has 0 aliphatic heterocycles. The van der Waals surface area contributed by atoms with Gasteiger partial charge in [-0.15, -0.1) is 11.3 Å². The molecule has 5 heterocycles. The van der Waals surface area contributed by atoms with Gasteiger partial charge in [0, 0.05) is 29.5 Å². The standard InChI is InChI=1S/C24H18ClN5O3S/c25-21-6-5-17(34-21)14-27-22-13-19(28-30(22)24(32)20-4-2-12-33-20)18-3-1-11-29(23(18)31)15-16-7-9-26-10-8-16/h1-13,27H,14-15H2. The fourth-order valence-corrected chi connectivity index (χ4v) is 4.49. The van der Waals surface area contributed by atoms with Crippen molar-refractivity contribution in [3.63, 3.8) is 0 Å². The largest absolute Gasteiger partial charge is 0.459 e. The van der Waals surface area contributed by atoms with Crippen molar-refractivity contribution in [1.82, 2.24) is 19.3 Å². The second-order valence-corrected chi connectivity index (χ2v) is 9.18. The van der Waals surface area contributed by atoms with Crippen molar-refractivity contribution in [2.75, 3.05) is 5.32 Å². The molecule has 0 radical (unpaired) electrons. The van der Waals surface area contributed by atoms with Gasteiger partial charge in [-0.05, 0) is 54.1 Å². The second-order valence-electron chi connectivity index (χ2n) is 7.38. The summed E-state index contributed by atoms with van der Waals surface area (Å²) in [6.07, 6.45) is 6.51. The summed E-state index contributed by atoms with van der Waals surface area (Å²) in [7, 11) is 0. The van der Waals surface area contributed by atoms with Gasteiger partial charge in [0.25, 0.3) is 5.56 Å². The lowest BCUT2D eigenvalue weighted by molar-refractivity contribution is 0.0920. The number of aromatic nitrogens is 4. The van der Waals surface area contributed by atoms with Crippen molar-refractivity contribution < 1.29 is 9.21 Å². The van der Waals surface area contributed by atoms with Crippen molar-refractivity contribution in [2.24, 2.45) is 0 Å². The summed E-state index contributed by atoms with van der Waals surface area (Å²) in [5, 5.41) is 7.69. The SMILES string of the molecule is O=C(c1ccco1)n1nc(-c2cccn(Cc3ccncc3)c2=O)cc1NCc1ccc(Cl)s1. The maximum atomic E-state index is 13.2. The molecule has 0 saturated carbocycles. The minimum atomic E-state index is -0.448. The Morgan fingerprint density at radius 3 is 2.71 bits per heavy atom. The van der Waals surface area contributed by atoms with E-state index >= 15 is 0 Å². The van der Waals surface area contributed by atoms with Crippen LogP contribution >= 0.6 is 22.9 Å². The number of carbonyl (C=O) groups is 1. The van der Waals surface area contributed by atoms with Crippen LogP contribution in [0.3, 0.4) is 0 Å². The number of halogens is 1. The number of pyridine rings is 2. The molecule has 0 saturated heterocycles. The Morgan fingerprint density at radius 1 is 1.12 bits per heavy atom. The van der Waals surface area contributed by atoms with Gasteiger partial charge >= 0.3 is 5.91 Å². The Hall–Kier alpha value is -3.95. The maximum absolute atomic E-state index is 13.2. The monoisotopic (exact) mass is 491 g/mol. The molecular formula is C24H18ClN5O3S. The molecule has 5 aromatic heterocycles. The molecule has 8 nitrogen and oxygen atoms in total. The minimum absolute atomic E-state index is 0.139. The molecule has 10 heteroatoms. The summed E-state index contributed by atoms with van der Waals surface area (Å²) in [6, 6.07) is 15.8. The highest BCUT2D eigenvalue weighted by Gasteiger charge is 2.20. The van der Waals surface area contributed by atoms with Gasteiger partial charge in [-0.1, -0.05) is 11.6 Å². The lowest BCUT2D eigenvalue weighted by Crippen LogP contribution is -2.22. The Balaban J connectivity index is 1.51. The van der Waals surface area contributed by atoms with Gasteiger partial charge in [-0.3, -0.25) is 14.6 Å². The number of nitrogens with zero attached hydrogens (tertiary/aromatic N) is 4. The molecule has 170 valence electrons. The lowest BCUT2D eigenvalue weighted by Gasteiger charge is -2.07. The second kappa shape index (κ2) is 9.50. The Bertz CT molecular complexity index is 1490. The van der Waals surface area contributed by atoms with Crippen LogP contribution in [0.2, 0.25) is 4.34 Å². The quantitative estimate of drug-likeness (QED) is 0.352. The molecule has 0 atom stereocenters. The number of furan rings is 1. The first kappa shape index (κ1) is 21.9. The third-order valence-electron chi connectivity index (χ3n) is 5.10. The first-order valence-electron chi connectivity index (χ1n) is 10.3. The summed E-state index contributed by atoms with van der Waals surface area (Å²) in [4.78, 5) is 31.3. The van der Waals surface area contributed by atoms with E-state index < -0.39 is 5.91 Å². The van der Waals surface area contributed by atoms with E-state index in [-0.39, 0.29) is 11.3 Å². The normalized spacial score (nSPS) is 11.0. The maximum Gasteiger partial charge on any atom is 0.315 e. The van der Waals surface area contributed by atoms with Crippen LogP contribution in [0.25, 0.3) is 11.3 Å². The zero-order valence-electron chi connectivity index (χ0n) is 17.7. The van der Waals surface area contributed by atoms with Gasteiger partial charge in [0.1, 0.15) is 11.5 Å². The van der Waals surface area contributed by atoms with Crippen LogP contribution in [-0.2, 0) is 13.1 Å². The van der Waals surface area contributed by atoms with E-state index in [0.717, 1.165) is 10.4 Å². The lowest BCUT2D eigenvalue weighted by atomic mass is 10.2. The Morgan fingerprint density at radius 2 is 1.97 bits per heavy atom. The van der Waals surface area contributed by atoms with Crippen LogP contribution < -0.4 is 10.9 Å². The van der Waals surface area contributed by atoms with Crippen LogP contribution in [0.1, 0.15) is 21.0 Å². The molecule has 5 rings (SSSR count). The molecule has 0 bridgehead atoms. The topological polar surface area (TPSA) is 94.9 Å². The van der Waals surface area contributed by atoms with E-state index in [0.29, 0.717) is 34.5 Å². The molecular weight excluding hydrogens is 474 g/mol. The fraction of sp³-hybridized carbons (Fsp3) is 0.0833. The Kier molecular flexibility index (Phi) is 6.11. The van der Waals surface area contributed by atoms with E-state index in [1.807, 2.05) is 24.3 Å². The molecule has 0 aliphatic carbocycles. The highest BCUT2D eigenvalue weighted by atomic mass is 35.5. The number of nitrogens with one attached hydrogen (secondary N) is 1. The summed E-state index contributed by atoms with van der Waals surface area (Å²) < 4.78 is 8.76. The predicted octanol–water partition coefficient (Wildman–Crippen LogP) is 4.76. The molecule has 0 amide bonds. The highest BCUT2D eigenvalue weighted by Crippen LogP contribution is 2.25. The molecule has 5 aromatic rings. The van der Waals surface area contributed by atoms with Crippen LogP contribution in [0.4, 0.5) is 5.82 Å². The summed E-state index contributed by atoms with van der Waals surface area (Å²) in [6.45, 7) is 0.834. The zero-order chi connectivity index (χ0) is 23.5. The van der Waals surface area contributed by atoms with Gasteiger partial charge in [0.2, 0.25) is 0 Å². The number of hydrogen-bond acceptors (Lipinski definition) is 7. The van der Waals surface area contributed by atoms with E-state index in [1.165, 1.54) is 22.3 Å². The van der Waals surface area contributed by atoms with E-state index in [2.05, 4.69) is 15.4 Å². The number of thiophene rings is 1. The third kappa shape index (κ3) is 4.57. The number of rotatable bonds is 7. The molecule has 34 heavy (non-hydrogen) atoms. The van der Waals surface area contributed by atoms with Crippen molar-refractivity contribution in [1.29, 1.82) is 0 Å². The van der Waals surface area contributed by atoms with E-state index in [1.54, 1.807) is 53.5 Å².